The van der Waals surface area contributed by atoms with E-state index >= 15 is 0 Å². The first-order valence-electron chi connectivity index (χ1n) is 7.29. The van der Waals surface area contributed by atoms with Gasteiger partial charge >= 0.3 is 0 Å². The lowest BCUT2D eigenvalue weighted by Crippen LogP contribution is -2.56. The molecule has 2 rings (SSSR count). The van der Waals surface area contributed by atoms with Crippen LogP contribution in [0.1, 0.15) is 37.8 Å². The highest BCUT2D eigenvalue weighted by Crippen LogP contribution is 2.38. The zero-order valence-electron chi connectivity index (χ0n) is 13.0. The summed E-state index contributed by atoms with van der Waals surface area (Å²) in [5.74, 6) is 0. The third-order valence-corrected chi connectivity index (χ3v) is 4.98. The number of likely N-dealkylation sites (N-methyl/N-ethyl adjacent to an activating group) is 2. The Morgan fingerprint density at radius 3 is 2.35 bits per heavy atom. The number of nitrogens with two attached hydrogens (primary N) is 1. The highest BCUT2D eigenvalue weighted by atomic mass is 35.5. The summed E-state index contributed by atoms with van der Waals surface area (Å²) < 4.78 is 0. The van der Waals surface area contributed by atoms with Gasteiger partial charge in [-0.05, 0) is 58.0 Å². The first kappa shape index (κ1) is 15.6. The van der Waals surface area contributed by atoms with E-state index in [1.54, 1.807) is 0 Å². The van der Waals surface area contributed by atoms with Crippen molar-refractivity contribution in [2.45, 2.75) is 37.8 Å². The Bertz CT molecular complexity index is 467. The summed E-state index contributed by atoms with van der Waals surface area (Å²) in [6.45, 7) is 2.99. The van der Waals surface area contributed by atoms with E-state index in [0.717, 1.165) is 22.8 Å². The first-order valence-corrected chi connectivity index (χ1v) is 7.67. The fourth-order valence-electron chi connectivity index (χ4n) is 2.97. The van der Waals surface area contributed by atoms with Crippen molar-refractivity contribution in [3.8, 4) is 0 Å². The second-order valence-electron chi connectivity index (χ2n) is 6.33. The smallest absolute Gasteiger partial charge is 0.0642 e. The molecule has 0 saturated heterocycles. The molecule has 1 aromatic carbocycles. The van der Waals surface area contributed by atoms with E-state index in [1.807, 2.05) is 13.0 Å². The molecule has 1 aromatic rings. The van der Waals surface area contributed by atoms with Crippen molar-refractivity contribution in [2.24, 2.45) is 5.73 Å². The lowest BCUT2D eigenvalue weighted by atomic mass is 9.75. The molecule has 0 amide bonds. The quantitative estimate of drug-likeness (QED) is 0.905. The molecule has 0 bridgehead atoms. The van der Waals surface area contributed by atoms with Crippen LogP contribution >= 0.6 is 11.6 Å². The summed E-state index contributed by atoms with van der Waals surface area (Å²) in [6, 6.07) is 6.17. The van der Waals surface area contributed by atoms with Crippen LogP contribution in [-0.2, 0) is 0 Å². The highest BCUT2D eigenvalue weighted by Gasteiger charge is 2.40. The summed E-state index contributed by atoms with van der Waals surface area (Å²) in [5.41, 5.74) is 8.37. The lowest BCUT2D eigenvalue weighted by Gasteiger charge is -2.49. The van der Waals surface area contributed by atoms with Gasteiger partial charge in [-0.2, -0.15) is 0 Å². The van der Waals surface area contributed by atoms with Gasteiger partial charge in [0.1, 0.15) is 0 Å². The predicted molar refractivity (Wildman–Crippen MR) is 87.6 cm³/mol. The van der Waals surface area contributed by atoms with Crippen LogP contribution in [0.2, 0.25) is 5.02 Å². The van der Waals surface area contributed by atoms with Gasteiger partial charge in [0.15, 0.2) is 0 Å². The van der Waals surface area contributed by atoms with E-state index < -0.39 is 0 Å². The second kappa shape index (κ2) is 5.92. The highest BCUT2D eigenvalue weighted by molar-refractivity contribution is 6.33. The van der Waals surface area contributed by atoms with Gasteiger partial charge in [0, 0.05) is 25.2 Å². The Kier molecular flexibility index (Phi) is 4.62. The molecule has 2 N–H and O–H groups in total. The Balaban J connectivity index is 2.15. The van der Waals surface area contributed by atoms with Crippen molar-refractivity contribution in [1.82, 2.24) is 4.90 Å². The van der Waals surface area contributed by atoms with E-state index in [9.17, 15) is 0 Å². The van der Waals surface area contributed by atoms with Gasteiger partial charge in [-0.25, -0.2) is 0 Å². The number of benzene rings is 1. The summed E-state index contributed by atoms with van der Waals surface area (Å²) in [7, 11) is 6.47. The van der Waals surface area contributed by atoms with Gasteiger partial charge in [0.25, 0.3) is 0 Å². The summed E-state index contributed by atoms with van der Waals surface area (Å²) in [6.07, 6.45) is 3.85. The largest absolute Gasteiger partial charge is 0.372 e. The minimum absolute atomic E-state index is 0.0200. The zero-order chi connectivity index (χ0) is 14.9. The van der Waals surface area contributed by atoms with Crippen LogP contribution < -0.4 is 10.6 Å². The molecule has 1 aliphatic rings. The molecular weight excluding hydrogens is 270 g/mol. The third kappa shape index (κ3) is 2.95. The number of hydrogen-bond donors (Lipinski definition) is 1. The molecule has 1 fully saturated rings. The standard InChI is InChI=1S/C16H26ClN3/c1-12(18)13-6-7-15(14(17)10-13)20(4)11-16(19(2)3)8-5-9-16/h6-7,10,12H,5,8-9,11,18H2,1-4H3/t12-/m1/s1. The van der Waals surface area contributed by atoms with Gasteiger partial charge in [-0.3, -0.25) is 0 Å². The van der Waals surface area contributed by atoms with Crippen LogP contribution in [0.25, 0.3) is 0 Å². The van der Waals surface area contributed by atoms with Crippen molar-refractivity contribution in [1.29, 1.82) is 0 Å². The molecule has 0 heterocycles. The normalized spacial score (nSPS) is 18.8. The van der Waals surface area contributed by atoms with E-state index in [2.05, 4.69) is 43.1 Å². The topological polar surface area (TPSA) is 32.5 Å². The van der Waals surface area contributed by atoms with Gasteiger partial charge < -0.3 is 15.5 Å². The molecule has 0 aliphatic heterocycles. The molecule has 0 spiro atoms. The maximum atomic E-state index is 6.43. The molecular formula is C16H26ClN3. The third-order valence-electron chi connectivity index (χ3n) is 4.67. The predicted octanol–water partition coefficient (Wildman–Crippen LogP) is 3.28. The number of halogens is 1. The molecule has 4 heteroatoms. The molecule has 0 aromatic heterocycles. The molecule has 0 unspecified atom stereocenters. The minimum atomic E-state index is 0.0200. The van der Waals surface area contributed by atoms with Gasteiger partial charge in [0.05, 0.1) is 10.7 Å². The Morgan fingerprint density at radius 1 is 1.30 bits per heavy atom. The Labute approximate surface area is 127 Å². The van der Waals surface area contributed by atoms with Crippen LogP contribution in [0.15, 0.2) is 18.2 Å². The molecule has 112 valence electrons. The summed E-state index contributed by atoms with van der Waals surface area (Å²) >= 11 is 6.43. The number of rotatable bonds is 5. The maximum absolute atomic E-state index is 6.43. The second-order valence-corrected chi connectivity index (χ2v) is 6.74. The minimum Gasteiger partial charge on any atom is -0.372 e. The van der Waals surface area contributed by atoms with Gasteiger partial charge in [0.2, 0.25) is 0 Å². The average Bonchev–Trinajstić information content (AvgIpc) is 2.32. The van der Waals surface area contributed by atoms with E-state index in [0.29, 0.717) is 5.54 Å². The number of anilines is 1. The lowest BCUT2D eigenvalue weighted by molar-refractivity contribution is 0.0683. The van der Waals surface area contributed by atoms with E-state index in [1.165, 1.54) is 19.3 Å². The molecule has 0 radical (unpaired) electrons. The van der Waals surface area contributed by atoms with Gasteiger partial charge in [-0.15, -0.1) is 0 Å². The zero-order valence-corrected chi connectivity index (χ0v) is 13.7. The van der Waals surface area contributed by atoms with E-state index in [-0.39, 0.29) is 6.04 Å². The fourth-order valence-corrected chi connectivity index (χ4v) is 3.31. The monoisotopic (exact) mass is 295 g/mol. The van der Waals surface area contributed by atoms with Crippen LogP contribution in [0.4, 0.5) is 5.69 Å². The van der Waals surface area contributed by atoms with Crippen LogP contribution in [-0.4, -0.2) is 38.1 Å². The first-order chi connectivity index (χ1) is 9.35. The van der Waals surface area contributed by atoms with Gasteiger partial charge in [-0.1, -0.05) is 17.7 Å². The van der Waals surface area contributed by atoms with Crippen molar-refractivity contribution in [3.63, 3.8) is 0 Å². The molecule has 1 aliphatic carbocycles. The SMILES string of the molecule is C[C@@H](N)c1ccc(N(C)CC2(N(C)C)CCC2)c(Cl)c1. The fraction of sp³-hybridized carbons (Fsp3) is 0.625. The van der Waals surface area contributed by atoms with Crippen molar-refractivity contribution >= 4 is 17.3 Å². The number of hydrogen-bond acceptors (Lipinski definition) is 3. The van der Waals surface area contributed by atoms with Crippen molar-refractivity contribution < 1.29 is 0 Å². The average molecular weight is 296 g/mol. The van der Waals surface area contributed by atoms with E-state index in [4.69, 9.17) is 17.3 Å². The summed E-state index contributed by atoms with van der Waals surface area (Å²) in [4.78, 5) is 4.63. The summed E-state index contributed by atoms with van der Waals surface area (Å²) in [5, 5.41) is 0.788. The van der Waals surface area contributed by atoms with Crippen LogP contribution in [0.3, 0.4) is 0 Å². The Morgan fingerprint density at radius 2 is 1.95 bits per heavy atom. The molecule has 3 nitrogen and oxygen atoms in total. The van der Waals surface area contributed by atoms with Crippen LogP contribution in [0, 0.1) is 0 Å². The molecule has 1 atom stereocenters. The van der Waals surface area contributed by atoms with Crippen molar-refractivity contribution in [3.05, 3.63) is 28.8 Å². The number of nitrogens with zero attached hydrogens (tertiary/aromatic N) is 2. The Hall–Kier alpha value is -0.770. The van der Waals surface area contributed by atoms with Crippen LogP contribution in [0.5, 0.6) is 0 Å². The maximum Gasteiger partial charge on any atom is 0.0642 e. The molecule has 1 saturated carbocycles. The molecule has 20 heavy (non-hydrogen) atoms. The van der Waals surface area contributed by atoms with Crippen molar-refractivity contribution in [2.75, 3.05) is 32.6 Å².